The molecule has 1 heterocycles. The van der Waals surface area contributed by atoms with E-state index in [0.717, 1.165) is 5.01 Å². The molecule has 0 unspecified atom stereocenters. The Hall–Kier alpha value is -0.660. The van der Waals surface area contributed by atoms with Crippen molar-refractivity contribution in [1.29, 1.82) is 0 Å². The van der Waals surface area contributed by atoms with Gasteiger partial charge < -0.3 is 10.1 Å². The Kier molecular flexibility index (Phi) is 4.49. The maximum atomic E-state index is 11.7. The first-order chi connectivity index (χ1) is 7.01. The van der Waals surface area contributed by atoms with Gasteiger partial charge in [0.1, 0.15) is 11.6 Å². The van der Waals surface area contributed by atoms with Crippen LogP contribution in [0.4, 0.5) is 13.2 Å². The minimum absolute atomic E-state index is 0.0975. The standard InChI is InChI=1S/C8H11F3N2OS/c1-12-2-7-13-6(4-15-7)3-14-5-8(9,10)11/h4,12H,2-3,5H2,1H3. The number of halogens is 3. The molecule has 0 saturated carbocycles. The lowest BCUT2D eigenvalue weighted by molar-refractivity contribution is -0.176. The Bertz CT molecular complexity index is 300. The van der Waals surface area contributed by atoms with Gasteiger partial charge in [-0.1, -0.05) is 0 Å². The van der Waals surface area contributed by atoms with Gasteiger partial charge in [0.05, 0.1) is 12.3 Å². The zero-order chi connectivity index (χ0) is 11.3. The quantitative estimate of drug-likeness (QED) is 0.854. The molecule has 0 fully saturated rings. The minimum atomic E-state index is -4.27. The summed E-state index contributed by atoms with van der Waals surface area (Å²) in [6.45, 7) is -0.713. The second kappa shape index (κ2) is 5.43. The number of aromatic nitrogens is 1. The number of hydrogen-bond donors (Lipinski definition) is 1. The van der Waals surface area contributed by atoms with Gasteiger partial charge in [0.25, 0.3) is 0 Å². The van der Waals surface area contributed by atoms with Crippen molar-refractivity contribution in [1.82, 2.24) is 10.3 Å². The first-order valence-electron chi connectivity index (χ1n) is 4.23. The normalized spacial score (nSPS) is 12.0. The van der Waals surface area contributed by atoms with E-state index in [2.05, 4.69) is 15.0 Å². The number of hydrogen-bond acceptors (Lipinski definition) is 4. The van der Waals surface area contributed by atoms with E-state index in [0.29, 0.717) is 12.2 Å². The molecule has 0 amide bonds. The van der Waals surface area contributed by atoms with Crippen LogP contribution in [0.25, 0.3) is 0 Å². The number of rotatable bonds is 5. The average Bonchev–Trinajstić information content (AvgIpc) is 2.51. The summed E-state index contributed by atoms with van der Waals surface area (Å²) in [5.41, 5.74) is 0.537. The van der Waals surface area contributed by atoms with Crippen LogP contribution >= 0.6 is 11.3 Å². The Morgan fingerprint density at radius 2 is 2.27 bits per heavy atom. The van der Waals surface area contributed by atoms with Gasteiger partial charge >= 0.3 is 6.18 Å². The fourth-order valence-corrected chi connectivity index (χ4v) is 1.71. The first-order valence-corrected chi connectivity index (χ1v) is 5.11. The summed E-state index contributed by atoms with van der Waals surface area (Å²) in [5.74, 6) is 0. The Morgan fingerprint density at radius 3 is 2.87 bits per heavy atom. The molecule has 86 valence electrons. The molecule has 0 aliphatic rings. The SMILES string of the molecule is CNCc1nc(COCC(F)(F)F)cs1. The highest BCUT2D eigenvalue weighted by atomic mass is 32.1. The van der Waals surface area contributed by atoms with Crippen LogP contribution in [-0.4, -0.2) is 24.8 Å². The summed E-state index contributed by atoms with van der Waals surface area (Å²) >= 11 is 1.40. The summed E-state index contributed by atoms with van der Waals surface area (Å²) in [6.07, 6.45) is -4.27. The van der Waals surface area contributed by atoms with Crippen LogP contribution in [0.5, 0.6) is 0 Å². The Balaban J connectivity index is 2.31. The summed E-state index contributed by atoms with van der Waals surface area (Å²) < 4.78 is 39.7. The smallest absolute Gasteiger partial charge is 0.366 e. The maximum absolute atomic E-state index is 11.7. The van der Waals surface area contributed by atoms with E-state index in [9.17, 15) is 13.2 Å². The van der Waals surface area contributed by atoms with Crippen molar-refractivity contribution in [2.45, 2.75) is 19.3 Å². The highest BCUT2D eigenvalue weighted by Gasteiger charge is 2.27. The molecule has 1 rings (SSSR count). The van der Waals surface area contributed by atoms with E-state index in [1.807, 2.05) is 0 Å². The first kappa shape index (κ1) is 12.4. The molecular formula is C8H11F3N2OS. The van der Waals surface area contributed by atoms with Crippen molar-refractivity contribution < 1.29 is 17.9 Å². The molecule has 0 spiro atoms. The second-order valence-corrected chi connectivity index (χ2v) is 3.81. The number of thiazole rings is 1. The zero-order valence-electron chi connectivity index (χ0n) is 8.10. The van der Waals surface area contributed by atoms with Crippen LogP contribution < -0.4 is 5.32 Å². The van der Waals surface area contributed by atoms with Gasteiger partial charge in [-0.15, -0.1) is 11.3 Å². The van der Waals surface area contributed by atoms with Crippen molar-refractivity contribution >= 4 is 11.3 Å². The monoisotopic (exact) mass is 240 g/mol. The highest BCUT2D eigenvalue weighted by Crippen LogP contribution is 2.16. The Labute approximate surface area is 89.3 Å². The third-order valence-corrected chi connectivity index (χ3v) is 2.34. The van der Waals surface area contributed by atoms with Gasteiger partial charge in [0.2, 0.25) is 0 Å². The lowest BCUT2D eigenvalue weighted by atomic mass is 10.5. The van der Waals surface area contributed by atoms with Gasteiger partial charge in [-0.05, 0) is 7.05 Å². The van der Waals surface area contributed by atoms with E-state index in [1.165, 1.54) is 11.3 Å². The molecule has 1 N–H and O–H groups in total. The molecule has 3 nitrogen and oxygen atoms in total. The highest BCUT2D eigenvalue weighted by molar-refractivity contribution is 7.09. The fraction of sp³-hybridized carbons (Fsp3) is 0.625. The molecule has 0 radical (unpaired) electrons. The molecule has 0 aliphatic carbocycles. The molecule has 0 saturated heterocycles. The lowest BCUT2D eigenvalue weighted by Gasteiger charge is -2.05. The number of alkyl halides is 3. The van der Waals surface area contributed by atoms with Gasteiger partial charge in [-0.2, -0.15) is 13.2 Å². The van der Waals surface area contributed by atoms with E-state index < -0.39 is 12.8 Å². The van der Waals surface area contributed by atoms with Crippen molar-refractivity contribution in [3.05, 3.63) is 16.1 Å². The number of nitrogens with zero attached hydrogens (tertiary/aromatic N) is 1. The van der Waals surface area contributed by atoms with E-state index in [-0.39, 0.29) is 6.61 Å². The predicted molar refractivity (Wildman–Crippen MR) is 50.6 cm³/mol. The summed E-state index contributed by atoms with van der Waals surface area (Å²) in [5, 5.41) is 5.44. The summed E-state index contributed by atoms with van der Waals surface area (Å²) in [7, 11) is 1.78. The number of nitrogens with one attached hydrogen (secondary N) is 1. The lowest BCUT2D eigenvalue weighted by Crippen LogP contribution is -2.16. The van der Waals surface area contributed by atoms with Crippen LogP contribution in [0.2, 0.25) is 0 Å². The molecule has 0 aliphatic heterocycles. The molecule has 0 bridgehead atoms. The van der Waals surface area contributed by atoms with Crippen molar-refractivity contribution in [2.24, 2.45) is 0 Å². The largest absolute Gasteiger partial charge is 0.411 e. The molecule has 0 aromatic carbocycles. The second-order valence-electron chi connectivity index (χ2n) is 2.87. The Morgan fingerprint density at radius 1 is 1.53 bits per heavy atom. The van der Waals surface area contributed by atoms with Crippen LogP contribution in [0, 0.1) is 0 Å². The summed E-state index contributed by atoms with van der Waals surface area (Å²) in [6, 6.07) is 0. The van der Waals surface area contributed by atoms with Gasteiger partial charge in [0.15, 0.2) is 0 Å². The van der Waals surface area contributed by atoms with Crippen molar-refractivity contribution in [2.75, 3.05) is 13.7 Å². The van der Waals surface area contributed by atoms with E-state index in [4.69, 9.17) is 0 Å². The van der Waals surface area contributed by atoms with Gasteiger partial charge in [-0.25, -0.2) is 4.98 Å². The van der Waals surface area contributed by atoms with Gasteiger partial charge in [0, 0.05) is 11.9 Å². The molecule has 1 aromatic rings. The topological polar surface area (TPSA) is 34.2 Å². The zero-order valence-corrected chi connectivity index (χ0v) is 8.91. The molecular weight excluding hydrogens is 229 g/mol. The van der Waals surface area contributed by atoms with Crippen LogP contribution in [0.1, 0.15) is 10.7 Å². The average molecular weight is 240 g/mol. The molecule has 1 aromatic heterocycles. The maximum Gasteiger partial charge on any atom is 0.411 e. The predicted octanol–water partition coefficient (Wildman–Crippen LogP) is 1.94. The van der Waals surface area contributed by atoms with Crippen molar-refractivity contribution in [3.8, 4) is 0 Å². The minimum Gasteiger partial charge on any atom is -0.366 e. The van der Waals surface area contributed by atoms with Gasteiger partial charge in [-0.3, -0.25) is 0 Å². The summed E-state index contributed by atoms with van der Waals surface area (Å²) in [4.78, 5) is 4.08. The third-order valence-electron chi connectivity index (χ3n) is 1.44. The fourth-order valence-electron chi connectivity index (χ4n) is 0.919. The van der Waals surface area contributed by atoms with E-state index in [1.54, 1.807) is 12.4 Å². The molecule has 7 heteroatoms. The molecule has 15 heavy (non-hydrogen) atoms. The van der Waals surface area contributed by atoms with Crippen LogP contribution in [0.3, 0.4) is 0 Å². The van der Waals surface area contributed by atoms with E-state index >= 15 is 0 Å². The van der Waals surface area contributed by atoms with Crippen molar-refractivity contribution in [3.63, 3.8) is 0 Å². The molecule has 0 atom stereocenters. The third kappa shape index (κ3) is 5.10. The van der Waals surface area contributed by atoms with Crippen LogP contribution in [-0.2, 0) is 17.9 Å². The number of ether oxygens (including phenoxy) is 1. The van der Waals surface area contributed by atoms with Crippen LogP contribution in [0.15, 0.2) is 5.38 Å².